The van der Waals surface area contributed by atoms with Crippen molar-refractivity contribution in [2.45, 2.75) is 50.8 Å². The summed E-state index contributed by atoms with van der Waals surface area (Å²) in [4.78, 5) is 14.6. The summed E-state index contributed by atoms with van der Waals surface area (Å²) in [5.41, 5.74) is 1.97. The number of nitrogens with one attached hydrogen (secondary N) is 1. The number of fused-ring (bicyclic) bond motifs is 2. The third-order valence-corrected chi connectivity index (χ3v) is 5.24. The molecule has 4 nitrogen and oxygen atoms in total. The van der Waals surface area contributed by atoms with Crippen LogP contribution in [0.25, 0.3) is 0 Å². The van der Waals surface area contributed by atoms with Crippen LogP contribution >= 0.6 is 15.9 Å². The standard InChI is InChI=1S/C16H21BrN2O2/c1-10-2-5-15(14(17)6-10)18-16(21)9-19-11-3-4-12(19)8-13(20)7-11/h2,5-6,11-13,20H,3-4,7-9H2,1H3,(H,18,21). The van der Waals surface area contributed by atoms with E-state index in [0.717, 1.165) is 41.4 Å². The molecule has 2 heterocycles. The van der Waals surface area contributed by atoms with E-state index >= 15 is 0 Å². The fourth-order valence-corrected chi connectivity index (χ4v) is 4.17. The van der Waals surface area contributed by atoms with Crippen LogP contribution in [-0.4, -0.2) is 40.6 Å². The minimum Gasteiger partial charge on any atom is -0.393 e. The second-order valence-corrected chi connectivity index (χ2v) is 7.07. The SMILES string of the molecule is Cc1ccc(NC(=O)CN2C3CCC2CC(O)C3)c(Br)c1. The lowest BCUT2D eigenvalue weighted by Gasteiger charge is -2.36. The molecule has 1 amide bonds. The number of anilines is 1. The summed E-state index contributed by atoms with van der Waals surface area (Å²) in [6.45, 7) is 2.44. The van der Waals surface area contributed by atoms with Gasteiger partial charge >= 0.3 is 0 Å². The van der Waals surface area contributed by atoms with E-state index in [1.165, 1.54) is 0 Å². The minimum atomic E-state index is -0.187. The van der Waals surface area contributed by atoms with Gasteiger partial charge in [0.15, 0.2) is 0 Å². The third-order valence-electron chi connectivity index (χ3n) is 4.58. The molecule has 1 aromatic rings. The van der Waals surface area contributed by atoms with Crippen LogP contribution in [0.2, 0.25) is 0 Å². The number of aliphatic hydroxyl groups excluding tert-OH is 1. The van der Waals surface area contributed by atoms with Crippen molar-refractivity contribution in [1.82, 2.24) is 4.90 Å². The predicted molar refractivity (Wildman–Crippen MR) is 86.3 cm³/mol. The number of halogens is 1. The van der Waals surface area contributed by atoms with Crippen LogP contribution in [0.4, 0.5) is 5.69 Å². The molecule has 0 radical (unpaired) electrons. The highest BCUT2D eigenvalue weighted by Gasteiger charge is 2.40. The first-order valence-electron chi connectivity index (χ1n) is 7.53. The zero-order valence-corrected chi connectivity index (χ0v) is 13.8. The van der Waals surface area contributed by atoms with E-state index in [4.69, 9.17) is 0 Å². The number of piperidine rings is 1. The van der Waals surface area contributed by atoms with Gasteiger partial charge in [0.1, 0.15) is 0 Å². The number of amides is 1. The van der Waals surface area contributed by atoms with Crippen LogP contribution in [0, 0.1) is 6.92 Å². The van der Waals surface area contributed by atoms with E-state index in [-0.39, 0.29) is 12.0 Å². The van der Waals surface area contributed by atoms with E-state index in [1.807, 2.05) is 25.1 Å². The first-order valence-corrected chi connectivity index (χ1v) is 8.32. The van der Waals surface area contributed by atoms with Crippen molar-refractivity contribution in [2.75, 3.05) is 11.9 Å². The zero-order valence-electron chi connectivity index (χ0n) is 12.2. The number of carbonyl (C=O) groups excluding carboxylic acids is 1. The highest BCUT2D eigenvalue weighted by Crippen LogP contribution is 2.35. The fraction of sp³-hybridized carbons (Fsp3) is 0.562. The Morgan fingerprint density at radius 2 is 2.05 bits per heavy atom. The normalized spacial score (nSPS) is 28.6. The van der Waals surface area contributed by atoms with E-state index in [0.29, 0.717) is 18.6 Å². The number of rotatable bonds is 3. The van der Waals surface area contributed by atoms with Gasteiger partial charge in [0.25, 0.3) is 0 Å². The van der Waals surface area contributed by atoms with Gasteiger partial charge in [-0.3, -0.25) is 9.69 Å². The molecule has 2 aliphatic heterocycles. The van der Waals surface area contributed by atoms with Gasteiger partial charge in [0.2, 0.25) is 5.91 Å². The molecule has 2 fully saturated rings. The fourth-order valence-electron chi connectivity index (χ4n) is 3.58. The Kier molecular flexibility index (Phi) is 4.33. The molecular formula is C16H21BrN2O2. The van der Waals surface area contributed by atoms with E-state index in [1.54, 1.807) is 0 Å². The van der Waals surface area contributed by atoms with Gasteiger partial charge in [-0.15, -0.1) is 0 Å². The van der Waals surface area contributed by atoms with Gasteiger partial charge < -0.3 is 10.4 Å². The predicted octanol–water partition coefficient (Wildman–Crippen LogP) is 2.68. The highest BCUT2D eigenvalue weighted by molar-refractivity contribution is 9.10. The molecule has 3 rings (SSSR count). The lowest BCUT2D eigenvalue weighted by molar-refractivity contribution is -0.119. The Labute approximate surface area is 133 Å². The maximum atomic E-state index is 12.3. The molecule has 2 atom stereocenters. The van der Waals surface area contributed by atoms with E-state index in [2.05, 4.69) is 26.1 Å². The molecule has 21 heavy (non-hydrogen) atoms. The number of benzene rings is 1. The van der Waals surface area contributed by atoms with Crippen LogP contribution < -0.4 is 5.32 Å². The largest absolute Gasteiger partial charge is 0.393 e. The molecule has 2 saturated heterocycles. The Morgan fingerprint density at radius 3 is 2.67 bits per heavy atom. The molecule has 2 N–H and O–H groups in total. The van der Waals surface area contributed by atoms with Gasteiger partial charge in [0, 0.05) is 16.6 Å². The molecule has 1 aromatic carbocycles. The Bertz CT molecular complexity index is 535. The average Bonchev–Trinajstić information content (AvgIpc) is 2.66. The molecule has 114 valence electrons. The topological polar surface area (TPSA) is 52.6 Å². The van der Waals surface area contributed by atoms with Crippen molar-refractivity contribution in [3.63, 3.8) is 0 Å². The number of aryl methyl sites for hydroxylation is 1. The molecule has 5 heteroatoms. The number of hydrogen-bond donors (Lipinski definition) is 2. The number of aliphatic hydroxyl groups is 1. The maximum Gasteiger partial charge on any atom is 0.238 e. The number of nitrogens with zero attached hydrogens (tertiary/aromatic N) is 1. The monoisotopic (exact) mass is 352 g/mol. The van der Waals surface area contributed by atoms with E-state index < -0.39 is 0 Å². The van der Waals surface area contributed by atoms with Gasteiger partial charge in [-0.25, -0.2) is 0 Å². The van der Waals surface area contributed by atoms with Gasteiger partial charge in [-0.2, -0.15) is 0 Å². The van der Waals surface area contributed by atoms with Crippen molar-refractivity contribution >= 4 is 27.5 Å². The second-order valence-electron chi connectivity index (χ2n) is 6.21. The Balaban J connectivity index is 1.62. The van der Waals surface area contributed by atoms with Crippen molar-refractivity contribution in [1.29, 1.82) is 0 Å². The summed E-state index contributed by atoms with van der Waals surface area (Å²) < 4.78 is 0.910. The summed E-state index contributed by atoms with van der Waals surface area (Å²) in [6.07, 6.45) is 3.62. The summed E-state index contributed by atoms with van der Waals surface area (Å²) >= 11 is 3.48. The zero-order chi connectivity index (χ0) is 15.0. The second kappa shape index (κ2) is 6.07. The summed E-state index contributed by atoms with van der Waals surface area (Å²) in [7, 11) is 0. The lowest BCUT2D eigenvalue weighted by Crippen LogP contribution is -2.47. The first kappa shape index (κ1) is 15.0. The first-order chi connectivity index (χ1) is 10.0. The van der Waals surface area contributed by atoms with Crippen molar-refractivity contribution in [3.05, 3.63) is 28.2 Å². The smallest absolute Gasteiger partial charge is 0.238 e. The quantitative estimate of drug-likeness (QED) is 0.879. The van der Waals surface area contributed by atoms with Gasteiger partial charge in [-0.05, 0) is 66.2 Å². The number of carbonyl (C=O) groups is 1. The Hall–Kier alpha value is -0.910. The Morgan fingerprint density at radius 1 is 1.38 bits per heavy atom. The van der Waals surface area contributed by atoms with Crippen LogP contribution in [0.3, 0.4) is 0 Å². The molecule has 0 aliphatic carbocycles. The molecule has 0 aromatic heterocycles. The van der Waals surface area contributed by atoms with Crippen molar-refractivity contribution in [2.24, 2.45) is 0 Å². The van der Waals surface area contributed by atoms with Crippen LogP contribution in [0.1, 0.15) is 31.2 Å². The molecule has 2 bridgehead atoms. The third kappa shape index (κ3) is 3.30. The maximum absolute atomic E-state index is 12.3. The molecule has 0 spiro atoms. The molecule has 0 saturated carbocycles. The van der Waals surface area contributed by atoms with Gasteiger partial charge in [-0.1, -0.05) is 6.07 Å². The molecule has 2 aliphatic rings. The summed E-state index contributed by atoms with van der Waals surface area (Å²) in [6, 6.07) is 6.64. The van der Waals surface area contributed by atoms with Crippen molar-refractivity contribution < 1.29 is 9.90 Å². The number of hydrogen-bond acceptors (Lipinski definition) is 3. The minimum absolute atomic E-state index is 0.0212. The van der Waals surface area contributed by atoms with Crippen LogP contribution in [-0.2, 0) is 4.79 Å². The van der Waals surface area contributed by atoms with Crippen LogP contribution in [0.15, 0.2) is 22.7 Å². The summed E-state index contributed by atoms with van der Waals surface area (Å²) in [5.74, 6) is 0.0212. The van der Waals surface area contributed by atoms with Gasteiger partial charge in [0.05, 0.1) is 18.3 Å². The lowest BCUT2D eigenvalue weighted by atomic mass is 10.00. The average molecular weight is 353 g/mol. The molecular weight excluding hydrogens is 332 g/mol. The van der Waals surface area contributed by atoms with E-state index in [9.17, 15) is 9.90 Å². The van der Waals surface area contributed by atoms with Crippen molar-refractivity contribution in [3.8, 4) is 0 Å². The molecule has 2 unspecified atom stereocenters. The summed E-state index contributed by atoms with van der Waals surface area (Å²) in [5, 5.41) is 12.8. The highest BCUT2D eigenvalue weighted by atomic mass is 79.9. The van der Waals surface area contributed by atoms with Crippen LogP contribution in [0.5, 0.6) is 0 Å².